The quantitative estimate of drug-likeness (QED) is 0.612. The molecule has 1 rings (SSSR count). The molecule has 1 heterocycles. The lowest BCUT2D eigenvalue weighted by atomic mass is 10.1. The Morgan fingerprint density at radius 2 is 1.89 bits per heavy atom. The molecule has 0 aromatic heterocycles. The lowest BCUT2D eigenvalue weighted by Crippen LogP contribution is -2.45. The van der Waals surface area contributed by atoms with Gasteiger partial charge in [0.2, 0.25) is 5.91 Å². The van der Waals surface area contributed by atoms with Crippen molar-refractivity contribution < 1.29 is 14.7 Å². The van der Waals surface area contributed by atoms with Gasteiger partial charge in [-0.1, -0.05) is 0 Å². The minimum Gasteiger partial charge on any atom is -0.465 e. The molecular weight excluding hydrogens is 234 g/mol. The minimum absolute atomic E-state index is 0.0425. The van der Waals surface area contributed by atoms with E-state index in [-0.39, 0.29) is 5.91 Å². The first-order chi connectivity index (χ1) is 8.61. The highest BCUT2D eigenvalue weighted by molar-refractivity contribution is 5.81. The number of nitrogens with zero attached hydrogens (tertiary/aromatic N) is 1. The van der Waals surface area contributed by atoms with Gasteiger partial charge in [-0.05, 0) is 38.5 Å². The van der Waals surface area contributed by atoms with Gasteiger partial charge in [0, 0.05) is 19.6 Å². The average molecular weight is 257 g/mol. The van der Waals surface area contributed by atoms with E-state index in [4.69, 9.17) is 10.8 Å². The van der Waals surface area contributed by atoms with Crippen LogP contribution in [0.5, 0.6) is 0 Å². The third kappa shape index (κ3) is 5.35. The van der Waals surface area contributed by atoms with Gasteiger partial charge in [-0.25, -0.2) is 4.79 Å². The Balaban J connectivity index is 2.13. The summed E-state index contributed by atoms with van der Waals surface area (Å²) in [6.07, 6.45) is 4.43. The fraction of sp³-hybridized carbons (Fsp3) is 0.833. The topological polar surface area (TPSA) is 95.7 Å². The molecule has 0 bridgehead atoms. The van der Waals surface area contributed by atoms with Crippen molar-refractivity contribution in [2.45, 2.75) is 44.6 Å². The van der Waals surface area contributed by atoms with Crippen molar-refractivity contribution in [3.05, 3.63) is 0 Å². The summed E-state index contributed by atoms with van der Waals surface area (Å²) in [4.78, 5) is 24.0. The maximum absolute atomic E-state index is 12.0. The number of hydrogen-bond donors (Lipinski definition) is 3. The first-order valence-corrected chi connectivity index (χ1v) is 6.62. The summed E-state index contributed by atoms with van der Waals surface area (Å²) in [7, 11) is 0. The summed E-state index contributed by atoms with van der Waals surface area (Å²) in [5.74, 6) is 0.0425. The lowest BCUT2D eigenvalue weighted by molar-refractivity contribution is -0.133. The highest BCUT2D eigenvalue weighted by Gasteiger charge is 2.21. The molecule has 0 aliphatic carbocycles. The number of amides is 2. The van der Waals surface area contributed by atoms with Crippen molar-refractivity contribution in [2.24, 2.45) is 5.73 Å². The molecule has 1 aliphatic heterocycles. The molecule has 0 aromatic carbocycles. The maximum Gasteiger partial charge on any atom is 0.404 e. The summed E-state index contributed by atoms with van der Waals surface area (Å²) < 4.78 is 0. The van der Waals surface area contributed by atoms with Crippen LogP contribution in [0.15, 0.2) is 0 Å². The molecule has 0 spiro atoms. The highest BCUT2D eigenvalue weighted by atomic mass is 16.4. The Bertz CT molecular complexity index is 278. The summed E-state index contributed by atoms with van der Waals surface area (Å²) in [5, 5.41) is 10.7. The number of hydrogen-bond acceptors (Lipinski definition) is 3. The van der Waals surface area contributed by atoms with Gasteiger partial charge in [0.1, 0.15) is 0 Å². The first kappa shape index (κ1) is 14.8. The molecule has 18 heavy (non-hydrogen) atoms. The van der Waals surface area contributed by atoms with Crippen molar-refractivity contribution in [3.63, 3.8) is 0 Å². The van der Waals surface area contributed by atoms with Crippen molar-refractivity contribution in [1.82, 2.24) is 10.2 Å². The Morgan fingerprint density at radius 1 is 1.22 bits per heavy atom. The molecule has 0 radical (unpaired) electrons. The first-order valence-electron chi connectivity index (χ1n) is 6.62. The van der Waals surface area contributed by atoms with Crippen LogP contribution in [0, 0.1) is 0 Å². The van der Waals surface area contributed by atoms with Gasteiger partial charge in [-0.15, -0.1) is 0 Å². The van der Waals surface area contributed by atoms with Gasteiger partial charge in [0.25, 0.3) is 0 Å². The van der Waals surface area contributed by atoms with Crippen LogP contribution in [0.1, 0.15) is 38.5 Å². The monoisotopic (exact) mass is 257 g/mol. The zero-order valence-corrected chi connectivity index (χ0v) is 10.7. The average Bonchev–Trinajstić information content (AvgIpc) is 2.38. The van der Waals surface area contributed by atoms with Crippen LogP contribution < -0.4 is 11.1 Å². The predicted molar refractivity (Wildman–Crippen MR) is 68.3 cm³/mol. The number of nitrogens with one attached hydrogen (secondary N) is 1. The standard InChI is InChI=1S/C12H23N3O3/c13-10(6-2-3-7-14-12(17)18)11(16)15-8-4-1-5-9-15/h10,14H,1-9,13H2,(H,17,18). The zero-order valence-electron chi connectivity index (χ0n) is 10.7. The summed E-state index contributed by atoms with van der Waals surface area (Å²) in [6, 6.07) is -0.437. The van der Waals surface area contributed by atoms with Gasteiger partial charge >= 0.3 is 6.09 Å². The van der Waals surface area contributed by atoms with Crippen molar-refractivity contribution in [1.29, 1.82) is 0 Å². The number of carboxylic acid groups (broad SMARTS) is 1. The molecule has 1 aliphatic rings. The number of piperidine rings is 1. The Kier molecular flexibility index (Phi) is 6.49. The van der Waals surface area contributed by atoms with E-state index in [1.165, 1.54) is 6.42 Å². The summed E-state index contributed by atoms with van der Waals surface area (Å²) in [6.45, 7) is 2.07. The molecule has 1 unspecified atom stereocenters. The molecule has 1 atom stereocenters. The molecule has 6 nitrogen and oxygen atoms in total. The highest BCUT2D eigenvalue weighted by Crippen LogP contribution is 2.11. The minimum atomic E-state index is -1.01. The molecule has 4 N–H and O–H groups in total. The molecular formula is C12H23N3O3. The van der Waals surface area contributed by atoms with E-state index in [1.807, 2.05) is 4.90 Å². The van der Waals surface area contributed by atoms with Gasteiger partial charge < -0.3 is 21.1 Å². The molecule has 104 valence electrons. The Hall–Kier alpha value is -1.30. The number of likely N-dealkylation sites (tertiary alicyclic amines) is 1. The summed E-state index contributed by atoms with van der Waals surface area (Å²) >= 11 is 0. The van der Waals surface area contributed by atoms with Crippen molar-refractivity contribution in [2.75, 3.05) is 19.6 Å². The molecule has 1 fully saturated rings. The van der Waals surface area contributed by atoms with E-state index in [1.54, 1.807) is 0 Å². The van der Waals surface area contributed by atoms with E-state index in [9.17, 15) is 9.59 Å². The smallest absolute Gasteiger partial charge is 0.404 e. The molecule has 0 saturated carbocycles. The number of rotatable bonds is 6. The normalized spacial score (nSPS) is 17.3. The van der Waals surface area contributed by atoms with Crippen LogP contribution in [0.2, 0.25) is 0 Å². The lowest BCUT2D eigenvalue weighted by Gasteiger charge is -2.29. The van der Waals surface area contributed by atoms with E-state index < -0.39 is 12.1 Å². The number of carbonyl (C=O) groups is 2. The van der Waals surface area contributed by atoms with Crippen LogP contribution in [0.25, 0.3) is 0 Å². The molecule has 6 heteroatoms. The van der Waals surface area contributed by atoms with Crippen LogP contribution >= 0.6 is 0 Å². The Morgan fingerprint density at radius 3 is 2.50 bits per heavy atom. The molecule has 2 amide bonds. The van der Waals surface area contributed by atoms with Gasteiger partial charge in [0.05, 0.1) is 6.04 Å². The van der Waals surface area contributed by atoms with Crippen molar-refractivity contribution >= 4 is 12.0 Å². The van der Waals surface area contributed by atoms with Gasteiger partial charge in [-0.3, -0.25) is 4.79 Å². The zero-order chi connectivity index (χ0) is 13.4. The van der Waals surface area contributed by atoms with E-state index >= 15 is 0 Å². The third-order valence-electron chi connectivity index (χ3n) is 3.20. The number of carbonyl (C=O) groups excluding carboxylic acids is 1. The predicted octanol–water partition coefficient (Wildman–Crippen LogP) is 0.764. The number of unbranched alkanes of at least 4 members (excludes halogenated alkanes) is 1. The third-order valence-corrected chi connectivity index (χ3v) is 3.20. The van der Waals surface area contributed by atoms with E-state index in [0.29, 0.717) is 19.4 Å². The van der Waals surface area contributed by atoms with Crippen LogP contribution in [0.3, 0.4) is 0 Å². The van der Waals surface area contributed by atoms with Gasteiger partial charge in [-0.2, -0.15) is 0 Å². The second-order valence-electron chi connectivity index (χ2n) is 4.72. The SMILES string of the molecule is NC(CCCCNC(=O)O)C(=O)N1CCCCC1. The second kappa shape index (κ2) is 7.92. The Labute approximate surface area is 108 Å². The summed E-state index contributed by atoms with van der Waals surface area (Å²) in [5.41, 5.74) is 5.86. The van der Waals surface area contributed by atoms with Crippen LogP contribution in [0.4, 0.5) is 4.79 Å². The fourth-order valence-electron chi connectivity index (χ4n) is 2.16. The fourth-order valence-corrected chi connectivity index (χ4v) is 2.16. The molecule has 0 aromatic rings. The second-order valence-corrected chi connectivity index (χ2v) is 4.72. The van der Waals surface area contributed by atoms with E-state index in [0.717, 1.165) is 32.4 Å². The van der Waals surface area contributed by atoms with Crippen LogP contribution in [-0.4, -0.2) is 47.7 Å². The van der Waals surface area contributed by atoms with Gasteiger partial charge in [0.15, 0.2) is 0 Å². The number of nitrogens with two attached hydrogens (primary N) is 1. The maximum atomic E-state index is 12.0. The molecule has 1 saturated heterocycles. The van der Waals surface area contributed by atoms with E-state index in [2.05, 4.69) is 5.32 Å². The largest absolute Gasteiger partial charge is 0.465 e. The van der Waals surface area contributed by atoms with Crippen LogP contribution in [-0.2, 0) is 4.79 Å². The van der Waals surface area contributed by atoms with Crippen molar-refractivity contribution in [3.8, 4) is 0 Å².